The van der Waals surface area contributed by atoms with Gasteiger partial charge in [-0.1, -0.05) is 19.1 Å². The molecule has 0 bridgehead atoms. The van der Waals surface area contributed by atoms with Crippen LogP contribution in [0.1, 0.15) is 57.4 Å². The van der Waals surface area contributed by atoms with Crippen LogP contribution in [0.2, 0.25) is 0 Å². The number of hydrogen-bond donors (Lipinski definition) is 11. The van der Waals surface area contributed by atoms with Crippen LogP contribution in [0.4, 0.5) is 0 Å². The van der Waals surface area contributed by atoms with Gasteiger partial charge in [-0.25, -0.2) is 0 Å². The monoisotopic (exact) mass is 1160 g/mol. The SMILES string of the molecule is BP(=O)(O)Oc1ccc(CCC(=O)NCCOCCOCCC(=O)NC(COCCC)(COCCC(=O)NCCOCCOC2CC(O)C(O)C(CO)O2)COCCC(=O)NCCOCCOC2CC(O)C(O)C(CO)O2)cc1. The molecular weight excluding hydrogens is 1070 g/mol. The van der Waals surface area contributed by atoms with Crippen molar-refractivity contribution in [2.24, 2.45) is 0 Å². The van der Waals surface area contributed by atoms with Crippen molar-refractivity contribution >= 4 is 38.7 Å². The lowest BCUT2D eigenvalue weighted by Crippen LogP contribution is -2.59. The first-order valence-corrected chi connectivity index (χ1v) is 28.7. The van der Waals surface area contributed by atoms with Crippen LogP contribution < -0.4 is 25.8 Å². The molecule has 454 valence electrons. The average molecular weight is 1160 g/mol. The highest BCUT2D eigenvalue weighted by Crippen LogP contribution is 2.36. The lowest BCUT2D eigenvalue weighted by molar-refractivity contribution is -0.258. The fourth-order valence-corrected chi connectivity index (χ4v) is 8.12. The number of aliphatic hydroxyl groups is 6. The summed E-state index contributed by atoms with van der Waals surface area (Å²) in [6, 6.07) is 6.57. The molecule has 9 atom stereocenters. The predicted molar refractivity (Wildman–Crippen MR) is 280 cm³/mol. The van der Waals surface area contributed by atoms with Crippen molar-refractivity contribution < 1.29 is 116 Å². The Balaban J connectivity index is 1.39. The summed E-state index contributed by atoms with van der Waals surface area (Å²) in [5.41, 5.74) is -0.378. The molecule has 0 aliphatic carbocycles. The third-order valence-electron chi connectivity index (χ3n) is 11.7. The van der Waals surface area contributed by atoms with Crippen LogP contribution in [-0.2, 0) is 82.3 Å². The van der Waals surface area contributed by atoms with Gasteiger partial charge in [0.25, 0.3) is 7.57 Å². The second-order valence-corrected chi connectivity index (χ2v) is 20.5. The van der Waals surface area contributed by atoms with E-state index in [1.165, 1.54) is 0 Å². The highest BCUT2D eigenvalue weighted by atomic mass is 31.2. The van der Waals surface area contributed by atoms with E-state index in [2.05, 4.69) is 21.3 Å². The van der Waals surface area contributed by atoms with Gasteiger partial charge >= 0.3 is 7.47 Å². The minimum Gasteiger partial charge on any atom is -0.432 e. The van der Waals surface area contributed by atoms with E-state index in [9.17, 15) is 59.3 Å². The summed E-state index contributed by atoms with van der Waals surface area (Å²) >= 11 is 0. The predicted octanol–water partition coefficient (Wildman–Crippen LogP) is -3.68. The molecule has 9 unspecified atom stereocenters. The van der Waals surface area contributed by atoms with Crippen molar-refractivity contribution in [1.82, 2.24) is 21.3 Å². The number of nitrogens with one attached hydrogen (secondary N) is 4. The van der Waals surface area contributed by atoms with Crippen LogP contribution in [0.5, 0.6) is 5.75 Å². The van der Waals surface area contributed by atoms with E-state index >= 15 is 0 Å². The van der Waals surface area contributed by atoms with E-state index < -0.39 is 81.3 Å². The Bertz CT molecular complexity index is 1810. The van der Waals surface area contributed by atoms with Gasteiger partial charge in [-0.2, -0.15) is 0 Å². The standard InChI is InChI=1S/C49H86BN4O24P/c1-2-15-71-32-49(33-72-17-9-42(60)52-13-20-69-24-26-74-45-28-37(57)47(63)39(30-55)76-45,34-73-18-10-43(61)53-14-21-70-25-27-75-46-29-38(58)48(64)40(31-56)77-46)54-44(62)11-16-67-22-23-68-19-12-51-41(59)8-5-35-3-6-36(7-4-35)78-79(50,65)66/h3-4,6-7,37-40,45-48,55-58,63-64H,2,5,8-34,50H2,1H3,(H,51,59)(H,52,60)(H,53,61)(H,54,62)(H,65,66). The third kappa shape index (κ3) is 31.5. The summed E-state index contributed by atoms with van der Waals surface area (Å²) < 4.78 is 78.3. The first-order chi connectivity index (χ1) is 38.0. The number of aliphatic hydroxyl groups excluding tert-OH is 6. The largest absolute Gasteiger partial charge is 0.432 e. The Morgan fingerprint density at radius 3 is 1.43 bits per heavy atom. The number of ether oxygens (including phenoxy) is 11. The maximum Gasteiger partial charge on any atom is 0.313 e. The summed E-state index contributed by atoms with van der Waals surface area (Å²) in [5, 5.41) is 69.5. The molecule has 1 aromatic carbocycles. The number of carbonyl (C=O) groups excluding carboxylic acids is 4. The molecular formula is C49H86BN4O24P. The molecule has 30 heteroatoms. The molecule has 2 heterocycles. The van der Waals surface area contributed by atoms with Crippen molar-refractivity contribution in [3.05, 3.63) is 29.8 Å². The van der Waals surface area contributed by atoms with Crippen LogP contribution in [0, 0.1) is 0 Å². The van der Waals surface area contributed by atoms with E-state index in [4.69, 9.17) is 56.6 Å². The molecule has 1 aromatic rings. The van der Waals surface area contributed by atoms with Crippen LogP contribution in [-0.4, -0.2) is 260 Å². The number of hydrogen-bond acceptors (Lipinski definition) is 23. The molecule has 2 fully saturated rings. The van der Waals surface area contributed by atoms with Gasteiger partial charge in [0.05, 0.1) is 125 Å². The fraction of sp³-hybridized carbons (Fsp3) is 0.796. The van der Waals surface area contributed by atoms with E-state index in [-0.39, 0.29) is 181 Å². The van der Waals surface area contributed by atoms with Crippen molar-refractivity contribution in [3.63, 3.8) is 0 Å². The van der Waals surface area contributed by atoms with Crippen LogP contribution in [0.3, 0.4) is 0 Å². The summed E-state index contributed by atoms with van der Waals surface area (Å²) in [7, 11) is -2.57. The Hall–Kier alpha value is -3.53. The molecule has 2 aliphatic rings. The maximum absolute atomic E-state index is 13.4. The fourth-order valence-electron chi connectivity index (χ4n) is 7.61. The van der Waals surface area contributed by atoms with Gasteiger partial charge in [0, 0.05) is 64.8 Å². The van der Waals surface area contributed by atoms with Crippen LogP contribution in [0.25, 0.3) is 0 Å². The zero-order valence-electron chi connectivity index (χ0n) is 45.5. The molecule has 0 saturated carbocycles. The lowest BCUT2D eigenvalue weighted by atomic mass is 10.0. The number of aryl methyl sites for hydroxylation is 1. The van der Waals surface area contributed by atoms with Gasteiger partial charge < -0.3 is 113 Å². The second kappa shape index (κ2) is 40.6. The van der Waals surface area contributed by atoms with Gasteiger partial charge in [-0.15, -0.1) is 0 Å². The van der Waals surface area contributed by atoms with Gasteiger partial charge in [0.15, 0.2) is 12.6 Å². The first-order valence-electron chi connectivity index (χ1n) is 26.7. The summed E-state index contributed by atoms with van der Waals surface area (Å²) in [4.78, 5) is 60.4. The molecule has 28 nitrogen and oxygen atoms in total. The topological polar surface area (TPSA) is 386 Å². The highest BCUT2D eigenvalue weighted by Gasteiger charge is 2.38. The molecule has 11 N–H and O–H groups in total. The van der Waals surface area contributed by atoms with E-state index in [1.54, 1.807) is 24.3 Å². The van der Waals surface area contributed by atoms with Crippen molar-refractivity contribution in [2.75, 3.05) is 139 Å². The Morgan fingerprint density at radius 2 is 0.987 bits per heavy atom. The Kier molecular flexibility index (Phi) is 35.9. The molecule has 4 amide bonds. The van der Waals surface area contributed by atoms with Crippen molar-refractivity contribution in [3.8, 4) is 5.75 Å². The molecule has 2 saturated heterocycles. The van der Waals surface area contributed by atoms with Crippen molar-refractivity contribution in [1.29, 1.82) is 0 Å². The smallest absolute Gasteiger partial charge is 0.313 e. The van der Waals surface area contributed by atoms with Gasteiger partial charge in [0.2, 0.25) is 23.6 Å². The minimum atomic E-state index is -3.67. The zero-order valence-corrected chi connectivity index (χ0v) is 46.3. The van der Waals surface area contributed by atoms with E-state index in [1.807, 2.05) is 6.92 Å². The van der Waals surface area contributed by atoms with Gasteiger partial charge in [0.1, 0.15) is 35.7 Å². The zero-order chi connectivity index (χ0) is 57.7. The average Bonchev–Trinajstić information content (AvgIpc) is 3.41. The molecule has 2 aliphatic heterocycles. The Morgan fingerprint density at radius 1 is 0.582 bits per heavy atom. The number of rotatable bonds is 45. The van der Waals surface area contributed by atoms with Gasteiger partial charge in [-0.3, -0.25) is 23.7 Å². The molecule has 0 spiro atoms. The molecule has 79 heavy (non-hydrogen) atoms. The van der Waals surface area contributed by atoms with Crippen LogP contribution in [0.15, 0.2) is 24.3 Å². The first kappa shape index (κ1) is 69.7. The Labute approximate surface area is 461 Å². The molecule has 0 aromatic heterocycles. The van der Waals surface area contributed by atoms with Gasteiger partial charge in [-0.05, 0) is 30.5 Å². The lowest BCUT2D eigenvalue weighted by Gasteiger charge is -2.36. The second-order valence-electron chi connectivity index (χ2n) is 18.7. The van der Waals surface area contributed by atoms with E-state index in [0.717, 1.165) is 13.1 Å². The third-order valence-corrected chi connectivity index (χ3v) is 12.3. The number of amides is 4. The number of benzene rings is 1. The van der Waals surface area contributed by atoms with Crippen LogP contribution >= 0.6 is 7.47 Å². The summed E-state index contributed by atoms with van der Waals surface area (Å²) in [6.45, 7) is 3.19. The minimum absolute atomic E-state index is 0.0227. The highest BCUT2D eigenvalue weighted by molar-refractivity contribution is 7.79. The quantitative estimate of drug-likeness (QED) is 0.0170. The molecule has 3 rings (SSSR count). The molecule has 0 radical (unpaired) electrons. The summed E-state index contributed by atoms with van der Waals surface area (Å²) in [6.07, 6.45) is -6.85. The maximum atomic E-state index is 13.4. The normalized spacial score (nSPS) is 22.8. The van der Waals surface area contributed by atoms with Crippen molar-refractivity contribution in [2.45, 2.75) is 113 Å². The summed E-state index contributed by atoms with van der Waals surface area (Å²) in [5.74, 6) is -0.961. The van der Waals surface area contributed by atoms with E-state index in [0.29, 0.717) is 19.4 Å². The number of carbonyl (C=O) groups is 4.